The summed E-state index contributed by atoms with van der Waals surface area (Å²) in [7, 11) is 2.19. The van der Waals surface area contributed by atoms with Gasteiger partial charge in [-0.05, 0) is 132 Å². The summed E-state index contributed by atoms with van der Waals surface area (Å²) in [6, 6.07) is 4.56. The van der Waals surface area contributed by atoms with Crippen molar-refractivity contribution in [3.05, 3.63) is 60.1 Å². The fourth-order valence-corrected chi connectivity index (χ4v) is 9.25. The molecule has 46 heavy (non-hydrogen) atoms. The lowest BCUT2D eigenvalue weighted by Crippen LogP contribution is -2.55. The van der Waals surface area contributed by atoms with Crippen LogP contribution in [0.1, 0.15) is 50.1 Å². The molecule has 1 atom stereocenters. The number of aromatic amines is 1. The van der Waals surface area contributed by atoms with E-state index in [0.717, 1.165) is 48.7 Å². The van der Waals surface area contributed by atoms with Gasteiger partial charge in [0.2, 0.25) is 5.91 Å². The molecule has 0 unspecified atom stereocenters. The summed E-state index contributed by atoms with van der Waals surface area (Å²) >= 11 is 8.39. The van der Waals surface area contributed by atoms with Crippen molar-refractivity contribution in [2.24, 2.45) is 11.8 Å². The van der Waals surface area contributed by atoms with Gasteiger partial charge < -0.3 is 30.1 Å². The number of carbonyl (C=O) groups is 2. The van der Waals surface area contributed by atoms with E-state index in [2.05, 4.69) is 54.1 Å². The molecular weight excluding hydrogens is 736 g/mol. The summed E-state index contributed by atoms with van der Waals surface area (Å²) in [4.78, 5) is 49.4. The van der Waals surface area contributed by atoms with Crippen LogP contribution in [0.3, 0.4) is 0 Å². The van der Waals surface area contributed by atoms with Gasteiger partial charge in [-0.25, -0.2) is 9.59 Å². The number of likely N-dealkylation sites (tertiary alicyclic amines) is 3. The van der Waals surface area contributed by atoms with Gasteiger partial charge >= 0.3 is 11.7 Å². The maximum atomic E-state index is 14.0. The van der Waals surface area contributed by atoms with Gasteiger partial charge in [0.05, 0.1) is 14.6 Å². The smallest absolute Gasteiger partial charge is 0.326 e. The number of carbonyl (C=O) groups excluding carboxylic acids is 2. The number of nitrogens with zero attached hydrogens (tertiary/aromatic N) is 4. The first-order valence-corrected chi connectivity index (χ1v) is 18.7. The number of H-pyrrole nitrogens is 1. The third kappa shape index (κ3) is 7.58. The Bertz CT molecular complexity index is 1550. The van der Waals surface area contributed by atoms with Crippen molar-refractivity contribution in [2.75, 3.05) is 46.3 Å². The highest BCUT2D eigenvalue weighted by Crippen LogP contribution is 2.35. The van der Waals surface area contributed by atoms with E-state index in [1.165, 1.54) is 12.8 Å². The molecule has 5 heterocycles. The van der Waals surface area contributed by atoms with Gasteiger partial charge in [0.15, 0.2) is 0 Å². The van der Waals surface area contributed by atoms with E-state index in [1.54, 1.807) is 32.9 Å². The van der Waals surface area contributed by atoms with E-state index in [9.17, 15) is 19.5 Å². The molecule has 3 aliphatic heterocycles. The molecule has 3 aromatic rings. The van der Waals surface area contributed by atoms with Gasteiger partial charge in [-0.15, -0.1) is 0 Å². The predicted molar refractivity (Wildman–Crippen MR) is 187 cm³/mol. The average Bonchev–Trinajstić information content (AvgIpc) is 3.74. The summed E-state index contributed by atoms with van der Waals surface area (Å²) in [5.74, 6) is 1.40. The second kappa shape index (κ2) is 14.7. The Morgan fingerprint density at radius 2 is 1.59 bits per heavy atom. The number of hydrogen-bond donors (Lipinski definition) is 3. The molecular formula is C33H42Br2N6O4S. The summed E-state index contributed by atoms with van der Waals surface area (Å²) in [6.45, 7) is 4.67. The molecule has 13 heteroatoms. The van der Waals surface area contributed by atoms with Gasteiger partial charge in [-0.2, -0.15) is 11.3 Å². The van der Waals surface area contributed by atoms with Crippen molar-refractivity contribution < 1.29 is 14.7 Å². The molecule has 0 bridgehead atoms. The first kappa shape index (κ1) is 33.3. The van der Waals surface area contributed by atoms with Crippen LogP contribution in [-0.4, -0.2) is 93.7 Å². The van der Waals surface area contributed by atoms with Gasteiger partial charge in [0, 0.05) is 55.8 Å². The van der Waals surface area contributed by atoms with Crippen LogP contribution < -0.4 is 11.0 Å². The van der Waals surface area contributed by atoms with E-state index in [1.807, 2.05) is 27.9 Å². The molecule has 3 N–H and O–H groups in total. The predicted octanol–water partition coefficient (Wildman–Crippen LogP) is 5.67. The summed E-state index contributed by atoms with van der Waals surface area (Å²) in [5, 5.41) is 17.3. The summed E-state index contributed by atoms with van der Waals surface area (Å²) in [6.07, 6.45) is 7.92. The normalized spacial score (nSPS) is 19.8. The maximum absolute atomic E-state index is 14.0. The van der Waals surface area contributed by atoms with Crippen molar-refractivity contribution in [3.63, 3.8) is 0 Å². The standard InChI is InChI=1S/C33H42Br2N6O4S/c1-38-9-2-22(3-10-38)23-4-11-39(12-5-23)31(43)28(18-21-16-26(34)30(42)27(35)17-21)36-32(44)40-13-6-25(7-14-40)41-19-29(37-33(41)45)24-8-15-46-20-24/h8,15-17,19-20,22-23,25,28,42H,2-7,9-14,18H2,1H3,(H,36,44)(H,37,45)/t28-/m0/s1. The lowest BCUT2D eigenvalue weighted by molar-refractivity contribution is -0.135. The minimum absolute atomic E-state index is 0.00447. The number of hydrogen-bond acceptors (Lipinski definition) is 6. The third-order valence-electron chi connectivity index (χ3n) is 10.1. The number of thiophene rings is 1. The maximum Gasteiger partial charge on any atom is 0.326 e. The second-order valence-corrected chi connectivity index (χ2v) is 15.5. The van der Waals surface area contributed by atoms with Crippen molar-refractivity contribution in [1.29, 1.82) is 0 Å². The second-order valence-electron chi connectivity index (χ2n) is 13.0. The number of phenolic OH excluding ortho intramolecular Hbond substituents is 1. The van der Waals surface area contributed by atoms with Crippen LogP contribution in [0.5, 0.6) is 5.75 Å². The van der Waals surface area contributed by atoms with Gasteiger partial charge in [0.25, 0.3) is 0 Å². The third-order valence-corrected chi connectivity index (χ3v) is 12.0. The number of imidazole rings is 1. The molecule has 0 spiro atoms. The number of aromatic hydroxyl groups is 1. The number of phenols is 1. The minimum Gasteiger partial charge on any atom is -0.506 e. The Morgan fingerprint density at radius 1 is 0.978 bits per heavy atom. The monoisotopic (exact) mass is 776 g/mol. The van der Waals surface area contributed by atoms with Crippen LogP contribution in [0.25, 0.3) is 11.3 Å². The van der Waals surface area contributed by atoms with E-state index in [-0.39, 0.29) is 29.4 Å². The summed E-state index contributed by atoms with van der Waals surface area (Å²) < 4.78 is 2.81. The fraction of sp³-hybridized carbons (Fsp3) is 0.545. The van der Waals surface area contributed by atoms with Crippen molar-refractivity contribution in [2.45, 2.75) is 57.0 Å². The fourth-order valence-electron chi connectivity index (χ4n) is 7.32. The molecule has 0 aliphatic carbocycles. The van der Waals surface area contributed by atoms with Crippen LogP contribution >= 0.6 is 43.2 Å². The molecule has 0 radical (unpaired) electrons. The number of piperidine rings is 3. The number of rotatable bonds is 7. The molecule has 2 aromatic heterocycles. The molecule has 3 fully saturated rings. The van der Waals surface area contributed by atoms with Gasteiger partial charge in [0.1, 0.15) is 11.8 Å². The molecule has 3 aliphatic rings. The lowest BCUT2D eigenvalue weighted by Gasteiger charge is -2.40. The molecule has 10 nitrogen and oxygen atoms in total. The Labute approximate surface area is 290 Å². The first-order chi connectivity index (χ1) is 22.2. The lowest BCUT2D eigenvalue weighted by atomic mass is 9.79. The van der Waals surface area contributed by atoms with Crippen molar-refractivity contribution >= 4 is 55.1 Å². The number of benzene rings is 1. The Hall–Kier alpha value is -2.61. The highest BCUT2D eigenvalue weighted by molar-refractivity contribution is 9.11. The molecule has 3 amide bonds. The van der Waals surface area contributed by atoms with Crippen LogP contribution in [0.2, 0.25) is 0 Å². The van der Waals surface area contributed by atoms with Crippen LogP contribution in [-0.2, 0) is 11.2 Å². The Kier molecular flexibility index (Phi) is 10.6. The van der Waals surface area contributed by atoms with Crippen LogP contribution in [0.4, 0.5) is 4.79 Å². The van der Waals surface area contributed by atoms with E-state index < -0.39 is 6.04 Å². The quantitative estimate of drug-likeness (QED) is 0.286. The van der Waals surface area contributed by atoms with Crippen LogP contribution in [0, 0.1) is 11.8 Å². The topological polar surface area (TPSA) is 114 Å². The zero-order valence-electron chi connectivity index (χ0n) is 26.1. The number of amides is 3. The van der Waals surface area contributed by atoms with Gasteiger partial charge in [-0.3, -0.25) is 9.36 Å². The minimum atomic E-state index is -0.742. The van der Waals surface area contributed by atoms with Gasteiger partial charge in [-0.1, -0.05) is 0 Å². The zero-order chi connectivity index (χ0) is 32.4. The molecule has 248 valence electrons. The highest BCUT2D eigenvalue weighted by atomic mass is 79.9. The van der Waals surface area contributed by atoms with Crippen LogP contribution in [0.15, 0.2) is 48.9 Å². The number of nitrogens with one attached hydrogen (secondary N) is 2. The number of aromatic nitrogens is 2. The molecule has 3 saturated heterocycles. The molecule has 0 saturated carbocycles. The number of urea groups is 1. The van der Waals surface area contributed by atoms with E-state index >= 15 is 0 Å². The van der Waals surface area contributed by atoms with E-state index in [4.69, 9.17) is 0 Å². The average molecular weight is 779 g/mol. The van der Waals surface area contributed by atoms with Crippen molar-refractivity contribution in [3.8, 4) is 17.0 Å². The molecule has 6 rings (SSSR count). The largest absolute Gasteiger partial charge is 0.506 e. The van der Waals surface area contributed by atoms with Crippen molar-refractivity contribution in [1.82, 2.24) is 29.6 Å². The first-order valence-electron chi connectivity index (χ1n) is 16.2. The highest BCUT2D eigenvalue weighted by Gasteiger charge is 2.34. The van der Waals surface area contributed by atoms with E-state index in [0.29, 0.717) is 60.3 Å². The number of halogens is 2. The zero-order valence-corrected chi connectivity index (χ0v) is 30.1. The Balaban J connectivity index is 1.10. The Morgan fingerprint density at radius 3 is 2.20 bits per heavy atom. The molecule has 1 aromatic carbocycles. The SMILES string of the molecule is CN1CCC(C2CCN(C(=O)[C@H](Cc3cc(Br)c(O)c(Br)c3)NC(=O)N3CCC(n4cc(-c5ccsc5)[nH]c4=O)CC3)CC2)CC1. The summed E-state index contributed by atoms with van der Waals surface area (Å²) in [5.41, 5.74) is 2.48.